The number of aliphatic hydroxyl groups excluding tert-OH is 1. The van der Waals surface area contributed by atoms with Gasteiger partial charge in [0, 0.05) is 17.0 Å². The first-order valence-electron chi connectivity index (χ1n) is 8.09. The minimum Gasteiger partial charge on any atom is -0.387 e. The highest BCUT2D eigenvalue weighted by Crippen LogP contribution is 2.46. The number of hydrogen-bond donors (Lipinski definition) is 2. The lowest BCUT2D eigenvalue weighted by Gasteiger charge is -2.31. The van der Waals surface area contributed by atoms with Crippen molar-refractivity contribution in [2.45, 2.75) is 43.8 Å². The summed E-state index contributed by atoms with van der Waals surface area (Å²) in [6.45, 7) is 0.484. The third-order valence-corrected chi connectivity index (χ3v) is 4.51. The maximum atomic E-state index is 13.6. The highest BCUT2D eigenvalue weighted by molar-refractivity contribution is 5.84. The number of aliphatic hydroxyl groups is 1. The molecule has 26 heavy (non-hydrogen) atoms. The Bertz CT molecular complexity index is 796. The minimum absolute atomic E-state index is 0.132. The second-order valence-corrected chi connectivity index (χ2v) is 6.26. The van der Waals surface area contributed by atoms with Crippen molar-refractivity contribution in [3.05, 3.63) is 41.1 Å². The molecule has 142 valence electrons. The van der Waals surface area contributed by atoms with Gasteiger partial charge in [-0.25, -0.2) is 4.98 Å². The van der Waals surface area contributed by atoms with Crippen LogP contribution >= 0.6 is 0 Å². The van der Waals surface area contributed by atoms with Crippen LogP contribution < -0.4 is 5.32 Å². The highest BCUT2D eigenvalue weighted by atomic mass is 19.4. The fraction of sp³-hybridized carbons (Fsp3) is 0.471. The number of halogens is 6. The Kier molecular flexibility index (Phi) is 4.87. The van der Waals surface area contributed by atoms with E-state index in [-0.39, 0.29) is 10.9 Å². The molecule has 1 saturated heterocycles. The van der Waals surface area contributed by atoms with Crippen LogP contribution in [-0.4, -0.2) is 22.7 Å². The number of nitrogens with one attached hydrogen (secondary N) is 1. The molecular weight excluding hydrogens is 362 g/mol. The van der Waals surface area contributed by atoms with E-state index in [1.807, 2.05) is 0 Å². The number of aromatic nitrogens is 1. The maximum absolute atomic E-state index is 13.6. The summed E-state index contributed by atoms with van der Waals surface area (Å²) in [6, 6.07) is 4.49. The zero-order valence-corrected chi connectivity index (χ0v) is 13.5. The summed E-state index contributed by atoms with van der Waals surface area (Å²) in [7, 11) is 0. The molecule has 2 heterocycles. The third kappa shape index (κ3) is 3.50. The lowest BCUT2D eigenvalue weighted by atomic mass is 9.88. The number of piperidine rings is 1. The highest BCUT2D eigenvalue weighted by Gasteiger charge is 2.48. The first-order valence-corrected chi connectivity index (χ1v) is 8.09. The van der Waals surface area contributed by atoms with Crippen LogP contribution in [0.2, 0.25) is 0 Å². The molecule has 0 saturated carbocycles. The molecule has 1 aromatic carbocycles. The van der Waals surface area contributed by atoms with Gasteiger partial charge in [0.2, 0.25) is 0 Å². The van der Waals surface area contributed by atoms with E-state index < -0.39 is 41.3 Å². The smallest absolute Gasteiger partial charge is 0.387 e. The fourth-order valence-corrected chi connectivity index (χ4v) is 3.39. The van der Waals surface area contributed by atoms with Gasteiger partial charge >= 0.3 is 12.4 Å². The number of rotatable bonds is 2. The summed E-state index contributed by atoms with van der Waals surface area (Å²) in [6.07, 6.45) is -10.5. The lowest BCUT2D eigenvalue weighted by molar-refractivity contribution is -0.165. The first-order chi connectivity index (χ1) is 12.1. The van der Waals surface area contributed by atoms with Crippen molar-refractivity contribution < 1.29 is 31.4 Å². The van der Waals surface area contributed by atoms with Crippen molar-refractivity contribution in [3.63, 3.8) is 0 Å². The minimum atomic E-state index is -5.31. The zero-order valence-electron chi connectivity index (χ0n) is 13.5. The Morgan fingerprint density at radius 2 is 1.73 bits per heavy atom. The fourth-order valence-electron chi connectivity index (χ4n) is 3.39. The van der Waals surface area contributed by atoms with Gasteiger partial charge in [-0.05, 0) is 25.5 Å². The van der Waals surface area contributed by atoms with Gasteiger partial charge in [0.05, 0.1) is 17.2 Å². The van der Waals surface area contributed by atoms with E-state index >= 15 is 0 Å². The van der Waals surface area contributed by atoms with Gasteiger partial charge in [-0.15, -0.1) is 0 Å². The number of fused-ring (bicyclic) bond motifs is 1. The molecule has 2 atom stereocenters. The lowest BCUT2D eigenvalue weighted by Crippen LogP contribution is -2.40. The molecule has 0 radical (unpaired) electrons. The van der Waals surface area contributed by atoms with Crippen molar-refractivity contribution in [1.29, 1.82) is 0 Å². The quantitative estimate of drug-likeness (QED) is 0.759. The monoisotopic (exact) mass is 378 g/mol. The second-order valence-electron chi connectivity index (χ2n) is 6.26. The molecule has 1 aliphatic rings. The molecular formula is C17H16F6N2O. The molecule has 0 amide bonds. The molecule has 0 bridgehead atoms. The zero-order chi connectivity index (χ0) is 19.1. The molecule has 0 spiro atoms. The third-order valence-electron chi connectivity index (χ3n) is 4.51. The summed E-state index contributed by atoms with van der Waals surface area (Å²) in [5.41, 5.74) is -4.94. The van der Waals surface area contributed by atoms with Crippen molar-refractivity contribution in [2.24, 2.45) is 0 Å². The van der Waals surface area contributed by atoms with Gasteiger partial charge in [-0.3, -0.25) is 0 Å². The first kappa shape index (κ1) is 18.9. The van der Waals surface area contributed by atoms with E-state index in [9.17, 15) is 31.4 Å². The van der Waals surface area contributed by atoms with Crippen molar-refractivity contribution in [1.82, 2.24) is 10.3 Å². The van der Waals surface area contributed by atoms with Crippen LogP contribution in [-0.2, 0) is 12.4 Å². The largest absolute Gasteiger partial charge is 0.433 e. The van der Waals surface area contributed by atoms with Gasteiger partial charge in [0.1, 0.15) is 0 Å². The van der Waals surface area contributed by atoms with Gasteiger partial charge in [-0.2, -0.15) is 26.3 Å². The van der Waals surface area contributed by atoms with Gasteiger partial charge in [0.15, 0.2) is 5.69 Å². The Hall–Kier alpha value is -1.87. The Balaban J connectivity index is 2.33. The summed E-state index contributed by atoms with van der Waals surface area (Å²) in [5, 5.41) is 13.4. The second kappa shape index (κ2) is 6.70. The van der Waals surface area contributed by atoms with E-state index in [4.69, 9.17) is 0 Å². The van der Waals surface area contributed by atoms with Crippen LogP contribution in [0.5, 0.6) is 0 Å². The summed E-state index contributed by atoms with van der Waals surface area (Å²) in [4.78, 5) is 3.22. The molecule has 0 aliphatic carbocycles. The summed E-state index contributed by atoms with van der Waals surface area (Å²) < 4.78 is 80.9. The number of benzene rings is 1. The Morgan fingerprint density at radius 1 is 1.04 bits per heavy atom. The van der Waals surface area contributed by atoms with Crippen LogP contribution in [0.25, 0.3) is 10.9 Å². The normalized spacial score (nSPS) is 20.3. The molecule has 1 aromatic heterocycles. The number of hydrogen-bond acceptors (Lipinski definition) is 3. The molecule has 1 aliphatic heterocycles. The molecule has 3 rings (SSSR count). The standard InChI is InChI=1S/C17H16F6N2O/c18-16(19,20)13-12(14(26)11-7-3-4-8-24-11)9-5-1-2-6-10(9)25-15(13)17(21,22)23/h1-2,5-6,11,14,24,26H,3-4,7-8H2/t11-,14?/m1/s1. The van der Waals surface area contributed by atoms with Gasteiger partial charge in [-0.1, -0.05) is 24.6 Å². The van der Waals surface area contributed by atoms with Crippen LogP contribution in [0.4, 0.5) is 26.3 Å². The molecule has 9 heteroatoms. The van der Waals surface area contributed by atoms with Crippen molar-refractivity contribution in [2.75, 3.05) is 6.54 Å². The Morgan fingerprint density at radius 3 is 2.31 bits per heavy atom. The maximum Gasteiger partial charge on any atom is 0.433 e. The molecule has 1 unspecified atom stereocenters. The SMILES string of the molecule is OC(c1c(C(F)(F)F)c(C(F)(F)F)nc2ccccc12)[C@H]1CCCCN1. The molecule has 2 aromatic rings. The molecule has 3 nitrogen and oxygen atoms in total. The van der Waals surface area contributed by atoms with E-state index in [0.717, 1.165) is 6.42 Å². The van der Waals surface area contributed by atoms with Gasteiger partial charge in [0.25, 0.3) is 0 Å². The average Bonchev–Trinajstić information content (AvgIpc) is 2.58. The average molecular weight is 378 g/mol. The van der Waals surface area contributed by atoms with Crippen molar-refractivity contribution >= 4 is 10.9 Å². The molecule has 1 fully saturated rings. The van der Waals surface area contributed by atoms with Crippen molar-refractivity contribution in [3.8, 4) is 0 Å². The molecule has 2 N–H and O–H groups in total. The van der Waals surface area contributed by atoms with Gasteiger partial charge < -0.3 is 10.4 Å². The van der Waals surface area contributed by atoms with E-state index in [1.165, 1.54) is 24.3 Å². The van der Waals surface area contributed by atoms with E-state index in [0.29, 0.717) is 19.4 Å². The summed E-state index contributed by atoms with van der Waals surface area (Å²) in [5.74, 6) is 0. The number of nitrogens with zero attached hydrogens (tertiary/aromatic N) is 1. The van der Waals surface area contributed by atoms with Crippen LogP contribution in [0.15, 0.2) is 24.3 Å². The summed E-state index contributed by atoms with van der Waals surface area (Å²) >= 11 is 0. The number of alkyl halides is 6. The number of para-hydroxylation sites is 1. The predicted molar refractivity (Wildman–Crippen MR) is 82.3 cm³/mol. The van der Waals surface area contributed by atoms with E-state index in [2.05, 4.69) is 10.3 Å². The topological polar surface area (TPSA) is 45.2 Å². The van der Waals surface area contributed by atoms with Crippen LogP contribution in [0.1, 0.15) is 42.2 Å². The van der Waals surface area contributed by atoms with E-state index in [1.54, 1.807) is 0 Å². The number of pyridine rings is 1. The van der Waals surface area contributed by atoms with Crippen LogP contribution in [0, 0.1) is 0 Å². The van der Waals surface area contributed by atoms with Crippen LogP contribution in [0.3, 0.4) is 0 Å². The Labute approximate surface area is 145 Å². The predicted octanol–water partition coefficient (Wildman–Crippen LogP) is 4.45.